The molecule has 0 spiro atoms. The van der Waals surface area contributed by atoms with Gasteiger partial charge in [0.25, 0.3) is 0 Å². The summed E-state index contributed by atoms with van der Waals surface area (Å²) >= 11 is 6.11. The molecule has 0 amide bonds. The van der Waals surface area contributed by atoms with Crippen molar-refractivity contribution in [3.8, 4) is 11.3 Å². The number of ketones is 1. The van der Waals surface area contributed by atoms with E-state index in [1.54, 1.807) is 54.6 Å². The predicted molar refractivity (Wildman–Crippen MR) is 126 cm³/mol. The molecule has 0 aliphatic carbocycles. The van der Waals surface area contributed by atoms with Gasteiger partial charge in [-0.15, -0.1) is 5.10 Å². The summed E-state index contributed by atoms with van der Waals surface area (Å²) in [7, 11) is 0. The van der Waals surface area contributed by atoms with Crippen LogP contribution in [0.5, 0.6) is 0 Å². The summed E-state index contributed by atoms with van der Waals surface area (Å²) in [6, 6.07) is 16.3. The summed E-state index contributed by atoms with van der Waals surface area (Å²) in [6.45, 7) is -0.494. The molecule has 11 heteroatoms. The van der Waals surface area contributed by atoms with E-state index < -0.39 is 35.8 Å². The van der Waals surface area contributed by atoms with Gasteiger partial charge in [-0.1, -0.05) is 65.3 Å². The average Bonchev–Trinajstić information content (AvgIpc) is 3.26. The van der Waals surface area contributed by atoms with E-state index in [0.717, 1.165) is 4.68 Å². The van der Waals surface area contributed by atoms with E-state index in [9.17, 15) is 31.1 Å². The minimum atomic E-state index is -4.99. The Labute approximate surface area is 211 Å². The van der Waals surface area contributed by atoms with Gasteiger partial charge < -0.3 is 0 Å². The summed E-state index contributed by atoms with van der Waals surface area (Å²) in [5.41, 5.74) is -2.18. The first-order chi connectivity index (χ1) is 17.4. The number of rotatable bonds is 6. The number of carbonyl (C=O) groups is 1. The first kappa shape index (κ1) is 26.2. The first-order valence-electron chi connectivity index (χ1n) is 10.7. The van der Waals surface area contributed by atoms with Crippen LogP contribution in [0.3, 0.4) is 0 Å². The van der Waals surface area contributed by atoms with E-state index in [-0.39, 0.29) is 23.0 Å². The molecule has 0 fully saturated rings. The van der Waals surface area contributed by atoms with E-state index >= 15 is 0 Å². The molecule has 0 saturated carbocycles. The van der Waals surface area contributed by atoms with Gasteiger partial charge in [0.15, 0.2) is 5.69 Å². The monoisotopic (exact) mass is 535 g/mol. The number of benzene rings is 3. The predicted octanol–water partition coefficient (Wildman–Crippen LogP) is 7.58. The van der Waals surface area contributed by atoms with Crippen LogP contribution in [0, 0.1) is 0 Å². The number of alkyl halides is 6. The van der Waals surface area contributed by atoms with Gasteiger partial charge in [0.05, 0.1) is 17.7 Å². The lowest BCUT2D eigenvalue weighted by atomic mass is 10.0. The highest BCUT2D eigenvalue weighted by Crippen LogP contribution is 2.37. The number of nitrogens with zero attached hydrogens (tertiary/aromatic N) is 3. The molecule has 4 nitrogen and oxygen atoms in total. The quantitative estimate of drug-likeness (QED) is 0.145. The van der Waals surface area contributed by atoms with Crippen molar-refractivity contribution in [2.75, 3.05) is 0 Å². The molecular formula is C26H16ClF6N3O. The minimum absolute atomic E-state index is 0.0530. The molecule has 0 bridgehead atoms. The number of carbonyl (C=O) groups excluding carboxylic acids is 1. The molecule has 1 aromatic heterocycles. The van der Waals surface area contributed by atoms with Gasteiger partial charge in [0, 0.05) is 10.6 Å². The van der Waals surface area contributed by atoms with Gasteiger partial charge in [0.2, 0.25) is 5.78 Å². The Kier molecular flexibility index (Phi) is 7.22. The summed E-state index contributed by atoms with van der Waals surface area (Å²) in [5, 5.41) is 8.19. The third kappa shape index (κ3) is 6.08. The van der Waals surface area contributed by atoms with Crippen molar-refractivity contribution in [1.82, 2.24) is 15.0 Å². The SMILES string of the molecule is O=C(/C=C/c1ccccc1Cl)c1nnn(Cc2cc(C(F)(F)F)cc(C(F)(F)F)c2)c1-c1ccccc1. The normalized spacial score (nSPS) is 12.3. The fourth-order valence-electron chi connectivity index (χ4n) is 3.61. The van der Waals surface area contributed by atoms with Gasteiger partial charge in [-0.3, -0.25) is 4.79 Å². The lowest BCUT2D eigenvalue weighted by molar-refractivity contribution is -0.143. The minimum Gasteiger partial charge on any atom is -0.287 e. The average molecular weight is 536 g/mol. The van der Waals surface area contributed by atoms with Gasteiger partial charge in [-0.2, -0.15) is 26.3 Å². The standard InChI is InChI=1S/C26H16ClF6N3O/c27-21-9-5-4-6-17(21)10-11-22(37)23-24(18-7-2-1-3-8-18)36(35-34-23)15-16-12-19(25(28,29)30)14-20(13-16)26(31,32)33/h1-14H,15H2/b11-10+. The molecule has 4 aromatic rings. The second-order valence-corrected chi connectivity index (χ2v) is 8.35. The molecule has 4 rings (SSSR count). The zero-order valence-electron chi connectivity index (χ0n) is 18.7. The first-order valence-corrected chi connectivity index (χ1v) is 11.1. The molecule has 0 atom stereocenters. The summed E-state index contributed by atoms with van der Waals surface area (Å²) in [5.74, 6) is -0.579. The molecule has 0 aliphatic rings. The molecule has 0 radical (unpaired) electrons. The van der Waals surface area contributed by atoms with Crippen LogP contribution in [-0.4, -0.2) is 20.8 Å². The number of aromatic nitrogens is 3. The fraction of sp³-hybridized carbons (Fsp3) is 0.115. The summed E-state index contributed by atoms with van der Waals surface area (Å²) in [4.78, 5) is 13.0. The zero-order chi connectivity index (χ0) is 26.8. The van der Waals surface area contributed by atoms with Gasteiger partial charge in [-0.25, -0.2) is 4.68 Å². The third-order valence-electron chi connectivity index (χ3n) is 5.32. The van der Waals surface area contributed by atoms with Crippen molar-refractivity contribution in [1.29, 1.82) is 0 Å². The summed E-state index contributed by atoms with van der Waals surface area (Å²) in [6.07, 6.45) is -7.30. The largest absolute Gasteiger partial charge is 0.416 e. The van der Waals surface area contributed by atoms with E-state index in [1.165, 1.54) is 12.2 Å². The topological polar surface area (TPSA) is 47.8 Å². The third-order valence-corrected chi connectivity index (χ3v) is 5.66. The van der Waals surface area contributed by atoms with Crippen molar-refractivity contribution >= 4 is 23.5 Å². The molecular weight excluding hydrogens is 520 g/mol. The molecule has 0 N–H and O–H groups in total. The van der Waals surface area contributed by atoms with Gasteiger partial charge in [-0.05, 0) is 47.5 Å². The zero-order valence-corrected chi connectivity index (χ0v) is 19.4. The van der Waals surface area contributed by atoms with Crippen LogP contribution in [-0.2, 0) is 18.9 Å². The highest BCUT2D eigenvalue weighted by molar-refractivity contribution is 6.32. The maximum Gasteiger partial charge on any atom is 0.416 e. The fourth-order valence-corrected chi connectivity index (χ4v) is 3.81. The highest BCUT2D eigenvalue weighted by Gasteiger charge is 2.37. The van der Waals surface area contributed by atoms with Crippen molar-refractivity contribution in [2.45, 2.75) is 18.9 Å². The van der Waals surface area contributed by atoms with E-state index in [4.69, 9.17) is 11.6 Å². The Morgan fingerprint density at radius 2 is 1.46 bits per heavy atom. The maximum absolute atomic E-state index is 13.3. The second-order valence-electron chi connectivity index (χ2n) is 7.94. The van der Waals surface area contributed by atoms with Crippen LogP contribution >= 0.6 is 11.6 Å². The molecule has 1 heterocycles. The Hall–Kier alpha value is -3.92. The van der Waals surface area contributed by atoms with Gasteiger partial charge in [0.1, 0.15) is 5.69 Å². The number of hydrogen-bond donors (Lipinski definition) is 0. The van der Waals surface area contributed by atoms with Crippen LogP contribution in [0.25, 0.3) is 17.3 Å². The lowest BCUT2D eigenvalue weighted by Crippen LogP contribution is -2.13. The molecule has 0 aliphatic heterocycles. The van der Waals surface area contributed by atoms with E-state index in [2.05, 4.69) is 10.3 Å². The van der Waals surface area contributed by atoms with Crippen molar-refractivity contribution in [2.24, 2.45) is 0 Å². The van der Waals surface area contributed by atoms with Crippen molar-refractivity contribution in [3.63, 3.8) is 0 Å². The Bertz CT molecular complexity index is 1430. The van der Waals surface area contributed by atoms with Gasteiger partial charge >= 0.3 is 12.4 Å². The van der Waals surface area contributed by atoms with Crippen LogP contribution in [0.2, 0.25) is 5.02 Å². The van der Waals surface area contributed by atoms with Crippen molar-refractivity contribution < 1.29 is 31.1 Å². The van der Waals surface area contributed by atoms with Crippen LogP contribution in [0.15, 0.2) is 78.9 Å². The van der Waals surface area contributed by atoms with Crippen LogP contribution in [0.4, 0.5) is 26.3 Å². The van der Waals surface area contributed by atoms with Crippen LogP contribution < -0.4 is 0 Å². The van der Waals surface area contributed by atoms with E-state index in [1.807, 2.05) is 0 Å². The molecule has 0 unspecified atom stereocenters. The number of hydrogen-bond acceptors (Lipinski definition) is 3. The Balaban J connectivity index is 1.77. The van der Waals surface area contributed by atoms with E-state index in [0.29, 0.717) is 28.3 Å². The highest BCUT2D eigenvalue weighted by atomic mass is 35.5. The van der Waals surface area contributed by atoms with Crippen LogP contribution in [0.1, 0.15) is 32.7 Å². The molecule has 190 valence electrons. The Morgan fingerprint density at radius 1 is 0.865 bits per heavy atom. The number of halogens is 7. The second kappa shape index (κ2) is 10.2. The number of allylic oxidation sites excluding steroid dienone is 1. The maximum atomic E-state index is 13.3. The Morgan fingerprint density at radius 3 is 2.05 bits per heavy atom. The van der Waals surface area contributed by atoms with Crippen molar-refractivity contribution in [3.05, 3.63) is 112 Å². The molecule has 37 heavy (non-hydrogen) atoms. The summed E-state index contributed by atoms with van der Waals surface area (Å²) < 4.78 is 81.0. The lowest BCUT2D eigenvalue weighted by Gasteiger charge is -2.15. The molecule has 3 aromatic carbocycles. The molecule has 0 saturated heterocycles. The smallest absolute Gasteiger partial charge is 0.287 e.